The summed E-state index contributed by atoms with van der Waals surface area (Å²) in [5.41, 5.74) is 0.857. The van der Waals surface area contributed by atoms with Gasteiger partial charge in [-0.15, -0.1) is 0 Å². The molecule has 2 atom stereocenters. The third-order valence-corrected chi connectivity index (χ3v) is 10.2. The van der Waals surface area contributed by atoms with E-state index in [1.807, 2.05) is 0 Å². The van der Waals surface area contributed by atoms with Gasteiger partial charge in [0.15, 0.2) is 0 Å². The summed E-state index contributed by atoms with van der Waals surface area (Å²) in [7, 11) is -3.95. The van der Waals surface area contributed by atoms with Gasteiger partial charge in [-0.3, -0.25) is 4.79 Å². The summed E-state index contributed by atoms with van der Waals surface area (Å²) in [4.78, 5) is 12.7. The highest BCUT2D eigenvalue weighted by Gasteiger charge is 2.58. The normalized spacial score (nSPS) is 33.7. The third kappa shape index (κ3) is 3.54. The molecule has 6 aliphatic rings. The van der Waals surface area contributed by atoms with Crippen LogP contribution in [0.4, 0.5) is 4.39 Å². The number of rotatable bonds is 7. The van der Waals surface area contributed by atoms with Crippen LogP contribution in [0.25, 0.3) is 0 Å². The van der Waals surface area contributed by atoms with Gasteiger partial charge in [-0.25, -0.2) is 9.11 Å². The first-order valence-corrected chi connectivity index (χ1v) is 13.6. The third-order valence-electron chi connectivity index (χ3n) is 8.66. The monoisotopic (exact) mass is 462 g/mol. The Morgan fingerprint density at radius 3 is 2.47 bits per heavy atom. The Morgan fingerprint density at radius 2 is 1.81 bits per heavy atom. The zero-order valence-electron chi connectivity index (χ0n) is 18.3. The molecule has 1 aliphatic heterocycles. The number of carbonyl (C=O) groups excluding carboxylic acids is 1. The minimum Gasteiger partial charge on any atom is -0.493 e. The van der Waals surface area contributed by atoms with Crippen LogP contribution >= 0.6 is 0 Å². The van der Waals surface area contributed by atoms with Gasteiger partial charge in [0.25, 0.3) is 5.91 Å². The average Bonchev–Trinajstić information content (AvgIpc) is 3.26. The maximum atomic E-state index is 15.0. The van der Waals surface area contributed by atoms with Crippen molar-refractivity contribution in [3.05, 3.63) is 29.1 Å². The molecular formula is C24H31FN2O4S. The maximum absolute atomic E-state index is 15.0. The van der Waals surface area contributed by atoms with Gasteiger partial charge in [-0.1, -0.05) is 0 Å². The largest absolute Gasteiger partial charge is 0.493 e. The molecule has 174 valence electrons. The van der Waals surface area contributed by atoms with Crippen molar-refractivity contribution in [2.75, 3.05) is 19.7 Å². The average molecular weight is 463 g/mol. The van der Waals surface area contributed by atoms with Crippen LogP contribution in [-0.2, 0) is 10.2 Å². The van der Waals surface area contributed by atoms with E-state index in [-0.39, 0.29) is 16.9 Å². The van der Waals surface area contributed by atoms with Gasteiger partial charge in [-0.05, 0) is 93.1 Å². The van der Waals surface area contributed by atoms with Crippen LogP contribution in [0.3, 0.4) is 0 Å². The highest BCUT2D eigenvalue weighted by molar-refractivity contribution is 7.87. The van der Waals surface area contributed by atoms with Crippen molar-refractivity contribution in [2.45, 2.75) is 63.7 Å². The summed E-state index contributed by atoms with van der Waals surface area (Å²) in [5, 5.41) is 0. The molecule has 1 heterocycles. The molecular weight excluding hydrogens is 431 g/mol. The fourth-order valence-corrected chi connectivity index (χ4v) is 8.38. The van der Waals surface area contributed by atoms with E-state index in [4.69, 9.17) is 4.74 Å². The van der Waals surface area contributed by atoms with E-state index in [1.165, 1.54) is 48.5 Å². The zero-order chi connectivity index (χ0) is 22.1. The second-order valence-electron chi connectivity index (χ2n) is 10.9. The summed E-state index contributed by atoms with van der Waals surface area (Å²) in [6, 6.07) is 2.83. The lowest BCUT2D eigenvalue weighted by atomic mass is 9.76. The van der Waals surface area contributed by atoms with Gasteiger partial charge < -0.3 is 4.74 Å². The van der Waals surface area contributed by atoms with Gasteiger partial charge in [-0.2, -0.15) is 12.7 Å². The smallest absolute Gasteiger partial charge is 0.304 e. The van der Waals surface area contributed by atoms with Gasteiger partial charge in [0.05, 0.1) is 12.2 Å². The fourth-order valence-electron chi connectivity index (χ4n) is 7.17. The molecule has 1 N–H and O–H groups in total. The van der Waals surface area contributed by atoms with Crippen molar-refractivity contribution in [2.24, 2.45) is 23.2 Å². The van der Waals surface area contributed by atoms with Crippen molar-refractivity contribution < 1.29 is 22.3 Å². The number of nitrogens with one attached hydrogen (secondary N) is 1. The number of amides is 1. The number of hydrogen-bond donors (Lipinski definition) is 1. The Bertz CT molecular complexity index is 1030. The molecule has 0 spiro atoms. The van der Waals surface area contributed by atoms with Crippen molar-refractivity contribution in [1.29, 1.82) is 0 Å². The van der Waals surface area contributed by atoms with Crippen LogP contribution in [-0.4, -0.2) is 38.3 Å². The van der Waals surface area contributed by atoms with E-state index >= 15 is 4.39 Å². The number of benzene rings is 1. The molecule has 32 heavy (non-hydrogen) atoms. The van der Waals surface area contributed by atoms with Crippen LogP contribution in [0.1, 0.15) is 79.6 Å². The summed E-state index contributed by atoms with van der Waals surface area (Å²) in [6.07, 6.45) is 9.94. The molecule has 6 fully saturated rings. The Kier molecular flexibility index (Phi) is 4.85. The van der Waals surface area contributed by atoms with Crippen LogP contribution in [0, 0.1) is 29.0 Å². The van der Waals surface area contributed by atoms with Crippen LogP contribution < -0.4 is 9.46 Å². The van der Waals surface area contributed by atoms with Crippen LogP contribution in [0.5, 0.6) is 5.75 Å². The minimum absolute atomic E-state index is 0.221. The first-order chi connectivity index (χ1) is 15.3. The Morgan fingerprint density at radius 1 is 1.12 bits per heavy atom. The second kappa shape index (κ2) is 7.42. The Balaban J connectivity index is 1.22. The SMILES string of the molecule is O=C(NS(=O)(=O)N1CCCC1)c1cc(C2CC2)c(OCC23CC4CC(CC2C4)C3)cc1F. The van der Waals surface area contributed by atoms with Crippen molar-refractivity contribution in [3.63, 3.8) is 0 Å². The molecule has 2 unspecified atom stereocenters. The van der Waals surface area contributed by atoms with E-state index in [2.05, 4.69) is 4.72 Å². The molecule has 0 radical (unpaired) electrons. The summed E-state index contributed by atoms with van der Waals surface area (Å²) < 4.78 is 49.5. The Labute approximate surface area is 189 Å². The van der Waals surface area contributed by atoms with Crippen LogP contribution in [0.15, 0.2) is 12.1 Å². The van der Waals surface area contributed by atoms with E-state index in [0.29, 0.717) is 25.4 Å². The molecule has 1 aromatic carbocycles. The number of carbonyl (C=O) groups is 1. The standard InChI is InChI=1S/C24H31FN2O4S/c25-21-11-22(31-14-24-12-15-7-16(13-24)9-18(24)8-15)19(17-3-4-17)10-20(21)23(28)26-32(29,30)27-5-1-2-6-27/h10-11,15-18H,1-9,12-14H2,(H,26,28). The first-order valence-electron chi connectivity index (χ1n) is 12.1. The second-order valence-corrected chi connectivity index (χ2v) is 12.6. The number of hydrogen-bond acceptors (Lipinski definition) is 4. The van der Waals surface area contributed by atoms with Gasteiger partial charge in [0, 0.05) is 24.6 Å². The molecule has 1 aromatic rings. The predicted molar refractivity (Wildman–Crippen MR) is 117 cm³/mol. The highest BCUT2D eigenvalue weighted by Crippen LogP contribution is 2.65. The lowest BCUT2D eigenvalue weighted by Gasteiger charge is -2.33. The number of nitrogens with zero attached hydrogens (tertiary/aromatic N) is 1. The molecule has 0 aromatic heterocycles. The quantitative estimate of drug-likeness (QED) is 0.665. The van der Waals surface area contributed by atoms with Crippen LogP contribution in [0.2, 0.25) is 0 Å². The van der Waals surface area contributed by atoms with Gasteiger partial charge >= 0.3 is 10.2 Å². The lowest BCUT2D eigenvalue weighted by Crippen LogP contribution is -2.42. The highest BCUT2D eigenvalue weighted by atomic mass is 32.2. The predicted octanol–water partition coefficient (Wildman–Crippen LogP) is 3.98. The van der Waals surface area contributed by atoms with Crippen molar-refractivity contribution in [3.8, 4) is 5.75 Å². The number of ether oxygens (including phenoxy) is 1. The fraction of sp³-hybridized carbons (Fsp3) is 0.708. The number of halogens is 1. The topological polar surface area (TPSA) is 75.7 Å². The molecule has 6 nitrogen and oxygen atoms in total. The van der Waals surface area contributed by atoms with Gasteiger partial charge in [0.2, 0.25) is 0 Å². The zero-order valence-corrected chi connectivity index (χ0v) is 19.1. The maximum Gasteiger partial charge on any atom is 0.304 e. The molecule has 5 saturated carbocycles. The molecule has 7 rings (SSSR count). The van der Waals surface area contributed by atoms with E-state index < -0.39 is 21.9 Å². The molecule has 1 saturated heterocycles. The lowest BCUT2D eigenvalue weighted by molar-refractivity contribution is 0.0973. The Hall–Kier alpha value is -1.67. The minimum atomic E-state index is -3.95. The summed E-state index contributed by atoms with van der Waals surface area (Å²) >= 11 is 0. The van der Waals surface area contributed by atoms with E-state index in [9.17, 15) is 13.2 Å². The van der Waals surface area contributed by atoms with Crippen molar-refractivity contribution in [1.82, 2.24) is 9.03 Å². The van der Waals surface area contributed by atoms with E-state index in [1.54, 1.807) is 0 Å². The van der Waals surface area contributed by atoms with E-state index in [0.717, 1.165) is 49.0 Å². The summed E-state index contributed by atoms with van der Waals surface area (Å²) in [6.45, 7) is 1.39. The van der Waals surface area contributed by atoms with Crippen molar-refractivity contribution >= 4 is 16.1 Å². The molecule has 4 bridgehead atoms. The van der Waals surface area contributed by atoms with Gasteiger partial charge in [0.1, 0.15) is 11.6 Å². The first kappa shape index (κ1) is 20.9. The summed E-state index contributed by atoms with van der Waals surface area (Å²) in [5.74, 6) is 1.55. The molecule has 8 heteroatoms. The molecule has 5 aliphatic carbocycles. The molecule has 1 amide bonds.